The Hall–Kier alpha value is 0.428. The highest BCUT2D eigenvalue weighted by Gasteiger charge is 2.36. The van der Waals surface area contributed by atoms with Gasteiger partial charge in [0.1, 0.15) is 8.80 Å². The highest BCUT2D eigenvalue weighted by Crippen LogP contribution is 2.32. The van der Waals surface area contributed by atoms with Crippen molar-refractivity contribution < 1.29 is 0 Å². The maximum absolute atomic E-state index is 4.09. The molecule has 0 unspecified atom stereocenters. The summed E-state index contributed by atoms with van der Waals surface area (Å²) in [5.74, 6) is 3.89. The summed E-state index contributed by atoms with van der Waals surface area (Å²) in [6.45, 7) is 22.2. The lowest BCUT2D eigenvalue weighted by Crippen LogP contribution is -2.43. The van der Waals surface area contributed by atoms with Gasteiger partial charge in [-0.25, -0.2) is 0 Å². The lowest BCUT2D eigenvalue weighted by Gasteiger charge is -2.35. The predicted molar refractivity (Wildman–Crippen MR) is 141 cm³/mol. The van der Waals surface area contributed by atoms with Crippen LogP contribution in [0.15, 0.2) is 0 Å². The molecule has 160 valence electrons. The average Bonchev–Trinajstić information content (AvgIpc) is 2.73. The second-order valence-electron chi connectivity index (χ2n) is 9.29. The minimum absolute atomic E-state index is 0.928. The van der Waals surface area contributed by atoms with Gasteiger partial charge in [-0.3, -0.25) is 0 Å². The molecule has 0 aliphatic carbocycles. The fraction of sp³-hybridized carbons (Fsp3) is 0.913. The van der Waals surface area contributed by atoms with E-state index in [9.17, 15) is 0 Å². The first kappa shape index (κ1) is 27.4. The van der Waals surface area contributed by atoms with Gasteiger partial charge < -0.3 is 0 Å². The molecule has 0 atom stereocenters. The maximum atomic E-state index is 4.09. The summed E-state index contributed by atoms with van der Waals surface area (Å²) in [6, 6.07) is 14.5. The van der Waals surface area contributed by atoms with Crippen molar-refractivity contribution in [3.05, 3.63) is 0 Å². The van der Waals surface area contributed by atoms with Crippen LogP contribution in [-0.2, 0) is 0 Å². The van der Waals surface area contributed by atoms with Crippen molar-refractivity contribution in [2.75, 3.05) is 0 Å². The molecular weight excluding hydrogens is 389 g/mol. The van der Waals surface area contributed by atoms with E-state index in [-0.39, 0.29) is 0 Å². The Morgan fingerprint density at radius 2 is 0.778 bits per heavy atom. The third-order valence-electron chi connectivity index (χ3n) is 8.88. The van der Waals surface area contributed by atoms with Gasteiger partial charge in [0.2, 0.25) is 0 Å². The summed E-state index contributed by atoms with van der Waals surface area (Å²) >= 11 is 0. The van der Waals surface area contributed by atoms with Crippen LogP contribution >= 0.6 is 0 Å². The van der Waals surface area contributed by atoms with Crippen LogP contribution in [0.2, 0.25) is 71.8 Å². The third-order valence-corrected chi connectivity index (χ3v) is 34.8. The number of rotatable bonds is 14. The molecule has 0 aliphatic rings. The Kier molecular flexibility index (Phi) is 13.8. The minimum Gasteiger partial charge on any atom is -0.136 e. The number of hydrogen-bond donors (Lipinski definition) is 0. The van der Waals surface area contributed by atoms with E-state index in [1.807, 2.05) is 0 Å². The molecule has 0 amide bonds. The second kappa shape index (κ2) is 13.6. The Balaban J connectivity index is 5.64. The Bertz CT molecular complexity index is 390. The van der Waals surface area contributed by atoms with Gasteiger partial charge in [0.15, 0.2) is 0 Å². The normalized spacial score (nSPS) is 13.0. The van der Waals surface area contributed by atoms with Crippen molar-refractivity contribution in [1.82, 2.24) is 0 Å². The molecule has 0 saturated carbocycles. The SMILES string of the molecule is CC[Si](CC)(CC)CC#C[SiH](C[Si](CC)(CC)CC)C[Si](CC)(CC)CC. The van der Waals surface area contributed by atoms with Crippen LogP contribution in [0, 0.1) is 11.5 Å². The molecule has 0 radical (unpaired) electrons. The molecule has 0 bridgehead atoms. The van der Waals surface area contributed by atoms with E-state index < -0.39 is 33.0 Å². The van der Waals surface area contributed by atoms with Crippen molar-refractivity contribution in [3.63, 3.8) is 0 Å². The lowest BCUT2D eigenvalue weighted by atomic mass is 10.8. The fourth-order valence-electron chi connectivity index (χ4n) is 5.09. The molecule has 0 N–H and O–H groups in total. The molecule has 0 aliphatic heterocycles. The van der Waals surface area contributed by atoms with Gasteiger partial charge in [-0.15, -0.1) is 11.5 Å². The van der Waals surface area contributed by atoms with Gasteiger partial charge in [0.25, 0.3) is 0 Å². The van der Waals surface area contributed by atoms with E-state index >= 15 is 0 Å². The zero-order valence-corrected chi connectivity index (χ0v) is 24.7. The van der Waals surface area contributed by atoms with Gasteiger partial charge in [0, 0.05) is 6.04 Å². The van der Waals surface area contributed by atoms with Gasteiger partial charge in [-0.2, -0.15) is 0 Å². The van der Waals surface area contributed by atoms with Gasteiger partial charge >= 0.3 is 0 Å². The first-order valence-electron chi connectivity index (χ1n) is 12.3. The summed E-state index contributed by atoms with van der Waals surface area (Å²) in [6.07, 6.45) is 0. The van der Waals surface area contributed by atoms with E-state index in [2.05, 4.69) is 73.8 Å². The molecule has 0 saturated heterocycles. The molecule has 4 heteroatoms. The highest BCUT2D eigenvalue weighted by molar-refractivity contribution is 6.99. The molecule has 0 aromatic rings. The fourth-order valence-corrected chi connectivity index (χ4v) is 29.4. The Morgan fingerprint density at radius 3 is 1.04 bits per heavy atom. The van der Waals surface area contributed by atoms with Crippen LogP contribution in [0.1, 0.15) is 62.3 Å². The van der Waals surface area contributed by atoms with Gasteiger partial charge in [0.05, 0.1) is 24.2 Å². The minimum atomic E-state index is -1.08. The topological polar surface area (TPSA) is 0 Å². The van der Waals surface area contributed by atoms with E-state index in [0.717, 1.165) is 0 Å². The first-order valence-corrected chi connectivity index (χ1v) is 23.0. The van der Waals surface area contributed by atoms with Crippen LogP contribution in [0.4, 0.5) is 0 Å². The third kappa shape index (κ3) is 7.99. The van der Waals surface area contributed by atoms with E-state index in [1.165, 1.54) is 60.4 Å². The molecule has 0 heterocycles. The van der Waals surface area contributed by atoms with Crippen molar-refractivity contribution in [2.24, 2.45) is 0 Å². The quantitative estimate of drug-likeness (QED) is 0.188. The molecule has 0 aromatic carbocycles. The largest absolute Gasteiger partial charge is 0.136 e. The smallest absolute Gasteiger partial charge is 0.117 e. The van der Waals surface area contributed by atoms with E-state index in [0.29, 0.717) is 0 Å². The van der Waals surface area contributed by atoms with E-state index in [4.69, 9.17) is 0 Å². The summed E-state index contributed by atoms with van der Waals surface area (Å²) < 4.78 is 0. The number of hydrogen-bond acceptors (Lipinski definition) is 0. The first-order chi connectivity index (χ1) is 12.8. The van der Waals surface area contributed by atoms with Crippen LogP contribution in [-0.4, -0.2) is 33.0 Å². The van der Waals surface area contributed by atoms with Crippen LogP contribution < -0.4 is 0 Å². The van der Waals surface area contributed by atoms with Crippen molar-refractivity contribution in [3.8, 4) is 11.5 Å². The summed E-state index contributed by atoms with van der Waals surface area (Å²) in [4.78, 5) is 0. The van der Waals surface area contributed by atoms with Gasteiger partial charge in [-0.05, 0) is 0 Å². The Labute approximate surface area is 178 Å². The van der Waals surface area contributed by atoms with Crippen molar-refractivity contribution in [2.45, 2.75) is 134 Å². The van der Waals surface area contributed by atoms with E-state index in [1.54, 1.807) is 11.3 Å². The Morgan fingerprint density at radius 1 is 0.481 bits per heavy atom. The summed E-state index contributed by atoms with van der Waals surface area (Å²) in [7, 11) is -4.10. The molecular formula is C23H52Si4. The molecule has 0 nitrogen and oxygen atoms in total. The van der Waals surface area contributed by atoms with Crippen molar-refractivity contribution >= 4 is 33.0 Å². The summed E-state index contributed by atoms with van der Waals surface area (Å²) in [5.41, 5.74) is 7.33. The molecule has 27 heavy (non-hydrogen) atoms. The summed E-state index contributed by atoms with van der Waals surface area (Å²) in [5, 5.41) is 0. The highest BCUT2D eigenvalue weighted by atomic mass is 28.4. The lowest BCUT2D eigenvalue weighted by molar-refractivity contribution is 1.14. The van der Waals surface area contributed by atoms with Crippen LogP contribution in [0.25, 0.3) is 0 Å². The zero-order valence-electron chi connectivity index (χ0n) is 20.6. The predicted octanol–water partition coefficient (Wildman–Crippen LogP) is 8.36. The second-order valence-corrected chi connectivity index (χ2v) is 30.0. The molecule has 0 spiro atoms. The molecule has 0 fully saturated rings. The zero-order chi connectivity index (χ0) is 21.0. The average molecular weight is 441 g/mol. The molecule has 0 aromatic heterocycles. The van der Waals surface area contributed by atoms with Gasteiger partial charge in [-0.1, -0.05) is 128 Å². The molecule has 0 rings (SSSR count). The van der Waals surface area contributed by atoms with Crippen LogP contribution in [0.5, 0.6) is 0 Å². The van der Waals surface area contributed by atoms with Crippen LogP contribution in [0.3, 0.4) is 0 Å². The van der Waals surface area contributed by atoms with Crippen molar-refractivity contribution in [1.29, 1.82) is 0 Å². The maximum Gasteiger partial charge on any atom is 0.117 e. The monoisotopic (exact) mass is 440 g/mol. The standard InChI is InChI=1S/C23H52Si4/c1-10-25(11-2,12-3)21-19-20-24(22-26(13-4,14-5)15-6)23-27(16-7,17-8)18-9/h24H,10-18,21-23H2,1-9H3.